The third-order valence-corrected chi connectivity index (χ3v) is 5.15. The fourth-order valence-corrected chi connectivity index (χ4v) is 4.08. The van der Waals surface area contributed by atoms with Crippen LogP contribution in [0.1, 0.15) is 30.9 Å². The van der Waals surface area contributed by atoms with E-state index in [2.05, 4.69) is 31.0 Å². The Morgan fingerprint density at radius 3 is 3.10 bits per heavy atom. The van der Waals surface area contributed by atoms with Crippen LogP contribution in [-0.4, -0.2) is 24.6 Å². The Balaban J connectivity index is 1.96. The molecule has 106 valence electrons. The predicted molar refractivity (Wildman–Crippen MR) is 76.4 cm³/mol. The molecule has 0 fully saturated rings. The molecule has 0 unspecified atom stereocenters. The summed E-state index contributed by atoms with van der Waals surface area (Å²) in [6, 6.07) is 3.50. The first-order chi connectivity index (χ1) is 9.60. The molecule has 3 heteroatoms. The van der Waals surface area contributed by atoms with E-state index in [9.17, 15) is 4.39 Å². The molecule has 3 aliphatic rings. The molecule has 0 bridgehead atoms. The summed E-state index contributed by atoms with van der Waals surface area (Å²) in [5.41, 5.74) is 2.24. The Kier molecular flexibility index (Phi) is 2.53. The van der Waals surface area contributed by atoms with E-state index < -0.39 is 0 Å². The topological polar surface area (TPSA) is 12.5 Å². The van der Waals surface area contributed by atoms with E-state index in [1.54, 1.807) is 6.07 Å². The summed E-state index contributed by atoms with van der Waals surface area (Å²) in [6.45, 7) is 4.11. The van der Waals surface area contributed by atoms with Crippen molar-refractivity contribution in [2.24, 2.45) is 5.92 Å². The second kappa shape index (κ2) is 4.08. The molecule has 0 amide bonds. The van der Waals surface area contributed by atoms with E-state index in [0.29, 0.717) is 11.7 Å². The number of nitrogens with zero attached hydrogens (tertiary/aromatic N) is 1. The maximum Gasteiger partial charge on any atom is 0.165 e. The van der Waals surface area contributed by atoms with Gasteiger partial charge < -0.3 is 9.64 Å². The quantitative estimate of drug-likeness (QED) is 0.673. The number of halogens is 1. The third-order valence-electron chi connectivity index (χ3n) is 5.15. The molecule has 4 rings (SSSR count). The molecule has 2 nitrogen and oxygen atoms in total. The molecule has 0 radical (unpaired) electrons. The molecule has 2 heterocycles. The monoisotopic (exact) mass is 273 g/mol. The van der Waals surface area contributed by atoms with Crippen molar-refractivity contribution in [2.45, 2.75) is 37.8 Å². The number of benzene rings is 1. The predicted octanol–water partition coefficient (Wildman–Crippen LogP) is 3.26. The average Bonchev–Trinajstić information content (AvgIpc) is 2.68. The van der Waals surface area contributed by atoms with Gasteiger partial charge in [-0.25, -0.2) is 4.39 Å². The minimum absolute atomic E-state index is 0.0969. The summed E-state index contributed by atoms with van der Waals surface area (Å²) in [7, 11) is 2.14. The highest BCUT2D eigenvalue weighted by Gasteiger charge is 2.52. The van der Waals surface area contributed by atoms with Crippen molar-refractivity contribution in [3.05, 3.63) is 41.2 Å². The van der Waals surface area contributed by atoms with Crippen molar-refractivity contribution >= 4 is 0 Å². The van der Waals surface area contributed by atoms with Gasteiger partial charge in [-0.1, -0.05) is 25.1 Å². The Labute approximate surface area is 119 Å². The van der Waals surface area contributed by atoms with Gasteiger partial charge in [0, 0.05) is 12.1 Å². The van der Waals surface area contributed by atoms with Crippen LogP contribution in [0.15, 0.2) is 24.3 Å². The minimum atomic E-state index is -0.205. The average molecular weight is 273 g/mol. The van der Waals surface area contributed by atoms with Gasteiger partial charge in [-0.05, 0) is 44.0 Å². The largest absolute Gasteiger partial charge is 0.486 e. The first-order valence-electron chi connectivity index (χ1n) is 7.46. The van der Waals surface area contributed by atoms with Crippen LogP contribution in [0.3, 0.4) is 0 Å². The Bertz CT molecular complexity index is 597. The van der Waals surface area contributed by atoms with Gasteiger partial charge in [0.1, 0.15) is 6.10 Å². The Morgan fingerprint density at radius 1 is 1.40 bits per heavy atom. The third kappa shape index (κ3) is 1.53. The van der Waals surface area contributed by atoms with Gasteiger partial charge in [0.2, 0.25) is 0 Å². The second-order valence-corrected chi connectivity index (χ2v) is 6.62. The number of rotatable bonds is 0. The lowest BCUT2D eigenvalue weighted by atomic mass is 9.68. The minimum Gasteiger partial charge on any atom is -0.486 e. The molecule has 0 aromatic heterocycles. The summed E-state index contributed by atoms with van der Waals surface area (Å²) in [5, 5.41) is 0. The Morgan fingerprint density at radius 2 is 2.25 bits per heavy atom. The molecule has 1 aliphatic carbocycles. The summed E-state index contributed by atoms with van der Waals surface area (Å²) in [5.74, 6) is 0.817. The molecule has 1 spiro atoms. The molecule has 20 heavy (non-hydrogen) atoms. The summed E-state index contributed by atoms with van der Waals surface area (Å²) < 4.78 is 20.3. The smallest absolute Gasteiger partial charge is 0.165 e. The zero-order chi connectivity index (χ0) is 13.9. The van der Waals surface area contributed by atoms with Crippen LogP contribution < -0.4 is 4.74 Å². The van der Waals surface area contributed by atoms with Crippen LogP contribution in [-0.2, 0) is 12.0 Å². The maximum absolute atomic E-state index is 14.2. The van der Waals surface area contributed by atoms with Crippen molar-refractivity contribution in [3.8, 4) is 5.75 Å². The molecule has 1 aromatic rings. The second-order valence-electron chi connectivity index (χ2n) is 6.62. The fraction of sp³-hybridized carbons (Fsp3) is 0.529. The Hall–Kier alpha value is -1.35. The van der Waals surface area contributed by atoms with E-state index in [1.807, 2.05) is 6.07 Å². The molecule has 0 saturated heterocycles. The van der Waals surface area contributed by atoms with Gasteiger partial charge in [0.15, 0.2) is 11.6 Å². The maximum atomic E-state index is 14.2. The van der Waals surface area contributed by atoms with Crippen molar-refractivity contribution in [3.63, 3.8) is 0 Å². The van der Waals surface area contributed by atoms with Crippen LogP contribution in [0, 0.1) is 11.7 Å². The van der Waals surface area contributed by atoms with E-state index >= 15 is 0 Å². The lowest BCUT2D eigenvalue weighted by Crippen LogP contribution is -2.41. The fourth-order valence-electron chi connectivity index (χ4n) is 4.08. The van der Waals surface area contributed by atoms with Crippen LogP contribution in [0.25, 0.3) is 0 Å². The van der Waals surface area contributed by atoms with E-state index in [4.69, 9.17) is 4.74 Å². The molecule has 1 aromatic carbocycles. The SMILES string of the molecule is C[C@H]1C=C[C@@]23CCN(C)Cc4ccc(F)c(c42)O[C@H]3C1. The standard InChI is InChI=1S/C17H20FNO/c1-11-5-6-17-7-8-19(2)10-12-3-4-13(18)16(15(12)17)20-14(17)9-11/h3-6,11,14H,7-10H2,1-2H3/t11-,14-,17-/m0/s1. The number of hydrogen-bond acceptors (Lipinski definition) is 2. The summed E-state index contributed by atoms with van der Waals surface area (Å²) in [6.07, 6.45) is 6.68. The zero-order valence-electron chi connectivity index (χ0n) is 12.0. The van der Waals surface area contributed by atoms with Gasteiger partial charge in [-0.2, -0.15) is 0 Å². The van der Waals surface area contributed by atoms with Gasteiger partial charge in [0.25, 0.3) is 0 Å². The molecule has 2 aliphatic heterocycles. The van der Waals surface area contributed by atoms with E-state index in [0.717, 1.165) is 31.5 Å². The van der Waals surface area contributed by atoms with Gasteiger partial charge in [-0.3, -0.25) is 0 Å². The summed E-state index contributed by atoms with van der Waals surface area (Å²) in [4.78, 5) is 2.32. The highest BCUT2D eigenvalue weighted by atomic mass is 19.1. The van der Waals surface area contributed by atoms with Gasteiger partial charge in [-0.15, -0.1) is 0 Å². The molecular formula is C17H20FNO. The van der Waals surface area contributed by atoms with Crippen LogP contribution in [0.5, 0.6) is 5.75 Å². The number of allylic oxidation sites excluding steroid dienone is 1. The summed E-state index contributed by atoms with van der Waals surface area (Å²) >= 11 is 0. The van der Waals surface area contributed by atoms with Gasteiger partial charge >= 0.3 is 0 Å². The van der Waals surface area contributed by atoms with Crippen LogP contribution in [0.2, 0.25) is 0 Å². The first-order valence-corrected chi connectivity index (χ1v) is 7.46. The molecule has 3 atom stereocenters. The zero-order valence-corrected chi connectivity index (χ0v) is 12.0. The highest BCUT2D eigenvalue weighted by molar-refractivity contribution is 5.55. The van der Waals surface area contributed by atoms with Crippen molar-refractivity contribution in [2.75, 3.05) is 13.6 Å². The van der Waals surface area contributed by atoms with Crippen LogP contribution >= 0.6 is 0 Å². The lowest BCUT2D eigenvalue weighted by molar-refractivity contribution is 0.126. The van der Waals surface area contributed by atoms with Crippen LogP contribution in [0.4, 0.5) is 4.39 Å². The van der Waals surface area contributed by atoms with E-state index in [-0.39, 0.29) is 17.3 Å². The molecule has 0 N–H and O–H groups in total. The number of hydrogen-bond donors (Lipinski definition) is 0. The van der Waals surface area contributed by atoms with Gasteiger partial charge in [0.05, 0.1) is 5.41 Å². The normalized spacial score (nSPS) is 35.1. The van der Waals surface area contributed by atoms with Crippen molar-refractivity contribution < 1.29 is 9.13 Å². The first kappa shape index (κ1) is 12.4. The lowest BCUT2D eigenvalue weighted by Gasteiger charge is -2.36. The molecular weight excluding hydrogens is 253 g/mol. The van der Waals surface area contributed by atoms with Crippen molar-refractivity contribution in [1.82, 2.24) is 4.90 Å². The van der Waals surface area contributed by atoms with Crippen molar-refractivity contribution in [1.29, 1.82) is 0 Å². The highest BCUT2D eigenvalue weighted by Crippen LogP contribution is 2.53. The molecule has 0 saturated carbocycles. The van der Waals surface area contributed by atoms with E-state index in [1.165, 1.54) is 5.56 Å². The number of ether oxygens (including phenoxy) is 1.